The van der Waals surface area contributed by atoms with Gasteiger partial charge in [-0.15, -0.1) is 0 Å². The minimum Gasteiger partial charge on any atom is -0.455 e. The normalized spacial score (nSPS) is 17.9. The summed E-state index contributed by atoms with van der Waals surface area (Å²) in [5.41, 5.74) is 7.18. The SMILES string of the molecule is CC.COCC(N)c1c[nH]c(=O)c2cnc(Nc3ccc4c(n3)C3(CC3)C(C)(C)OC4=O)cc12. The second kappa shape index (κ2) is 8.81. The third kappa shape index (κ3) is 3.84. The summed E-state index contributed by atoms with van der Waals surface area (Å²) in [6, 6.07) is 4.85. The molecular weight excluding hydrogens is 434 g/mol. The van der Waals surface area contributed by atoms with Gasteiger partial charge in [-0.25, -0.2) is 14.8 Å². The van der Waals surface area contributed by atoms with Gasteiger partial charge in [0.15, 0.2) is 0 Å². The zero-order valence-electron chi connectivity index (χ0n) is 20.2. The molecule has 4 heterocycles. The van der Waals surface area contributed by atoms with Gasteiger partial charge in [-0.05, 0) is 55.8 Å². The average molecular weight is 466 g/mol. The van der Waals surface area contributed by atoms with Crippen molar-refractivity contribution >= 4 is 28.4 Å². The summed E-state index contributed by atoms with van der Waals surface area (Å²) < 4.78 is 10.9. The fraction of sp³-hybridized carbons (Fsp3) is 0.440. The number of carbonyl (C=O) groups excluding carboxylic acids is 1. The summed E-state index contributed by atoms with van der Waals surface area (Å²) in [7, 11) is 1.58. The van der Waals surface area contributed by atoms with Crippen molar-refractivity contribution in [3.05, 3.63) is 57.8 Å². The lowest BCUT2D eigenvalue weighted by Gasteiger charge is -2.39. The number of H-pyrrole nitrogens is 1. The van der Waals surface area contributed by atoms with Crippen LogP contribution in [0, 0.1) is 0 Å². The van der Waals surface area contributed by atoms with Crippen molar-refractivity contribution in [2.75, 3.05) is 19.0 Å². The standard InChI is InChI=1S/C23H25N5O4.C2H6/c1-22(2)23(6-7-23)19-12(21(30)32-22)4-5-17(28-19)27-18-8-13-14(16(24)11-31-3)9-26-20(29)15(13)10-25-18;1-2/h4-5,8-10,16H,6-7,11,24H2,1-3H3,(H,26,29)(H,25,27,28);1-2H3. The number of pyridine rings is 3. The molecule has 5 rings (SSSR count). The number of rotatable bonds is 5. The lowest BCUT2D eigenvalue weighted by Crippen LogP contribution is -2.46. The number of ether oxygens (including phenoxy) is 2. The molecule has 1 atom stereocenters. The van der Waals surface area contributed by atoms with Crippen LogP contribution in [0.5, 0.6) is 0 Å². The Labute approximate surface area is 198 Å². The quantitative estimate of drug-likeness (QED) is 0.486. The number of carbonyl (C=O) groups is 1. The molecule has 1 aliphatic heterocycles. The van der Waals surface area contributed by atoms with Gasteiger partial charge in [0, 0.05) is 19.5 Å². The van der Waals surface area contributed by atoms with Gasteiger partial charge in [-0.1, -0.05) is 13.8 Å². The lowest BCUT2D eigenvalue weighted by molar-refractivity contribution is -0.0285. The molecule has 34 heavy (non-hydrogen) atoms. The molecule has 9 heteroatoms. The van der Waals surface area contributed by atoms with Gasteiger partial charge < -0.3 is 25.5 Å². The number of nitrogens with zero attached hydrogens (tertiary/aromatic N) is 2. The molecule has 0 bridgehead atoms. The molecule has 0 saturated heterocycles. The number of fused-ring (bicyclic) bond motifs is 3. The number of esters is 1. The molecule has 1 fully saturated rings. The topological polar surface area (TPSA) is 132 Å². The number of nitrogens with one attached hydrogen (secondary N) is 2. The minimum absolute atomic E-state index is 0.240. The highest BCUT2D eigenvalue weighted by Crippen LogP contribution is 2.59. The number of aromatic amines is 1. The number of cyclic esters (lactones) is 1. The summed E-state index contributed by atoms with van der Waals surface area (Å²) in [6.45, 7) is 8.19. The van der Waals surface area contributed by atoms with Crippen molar-refractivity contribution < 1.29 is 14.3 Å². The highest BCUT2D eigenvalue weighted by atomic mass is 16.6. The van der Waals surface area contributed by atoms with Crippen molar-refractivity contribution in [3.63, 3.8) is 0 Å². The van der Waals surface area contributed by atoms with E-state index in [1.807, 2.05) is 27.7 Å². The summed E-state index contributed by atoms with van der Waals surface area (Å²) in [6.07, 6.45) is 4.98. The fourth-order valence-corrected chi connectivity index (χ4v) is 4.64. The van der Waals surface area contributed by atoms with Crippen LogP contribution in [0.15, 0.2) is 35.4 Å². The van der Waals surface area contributed by atoms with E-state index in [2.05, 4.69) is 15.3 Å². The molecule has 2 aliphatic rings. The maximum Gasteiger partial charge on any atom is 0.340 e. The summed E-state index contributed by atoms with van der Waals surface area (Å²) in [4.78, 5) is 36.6. The Morgan fingerprint density at radius 2 is 1.94 bits per heavy atom. The van der Waals surface area contributed by atoms with E-state index in [-0.39, 0.29) is 16.9 Å². The Morgan fingerprint density at radius 3 is 2.62 bits per heavy atom. The Hall–Kier alpha value is -3.30. The first-order valence-electron chi connectivity index (χ1n) is 11.5. The first kappa shape index (κ1) is 23.8. The van der Waals surface area contributed by atoms with Crippen LogP contribution in [-0.4, -0.2) is 40.2 Å². The van der Waals surface area contributed by atoms with Gasteiger partial charge in [-0.2, -0.15) is 0 Å². The van der Waals surface area contributed by atoms with Crippen LogP contribution in [-0.2, 0) is 14.9 Å². The third-order valence-corrected chi connectivity index (χ3v) is 6.64. The van der Waals surface area contributed by atoms with Crippen LogP contribution < -0.4 is 16.6 Å². The van der Waals surface area contributed by atoms with Crippen LogP contribution in [0.2, 0.25) is 0 Å². The van der Waals surface area contributed by atoms with E-state index in [1.54, 1.807) is 31.5 Å². The average Bonchev–Trinajstić information content (AvgIpc) is 3.62. The van der Waals surface area contributed by atoms with E-state index in [0.29, 0.717) is 34.6 Å². The molecule has 0 amide bonds. The van der Waals surface area contributed by atoms with E-state index in [9.17, 15) is 9.59 Å². The molecule has 1 aliphatic carbocycles. The molecule has 9 nitrogen and oxygen atoms in total. The van der Waals surface area contributed by atoms with Gasteiger partial charge in [0.1, 0.15) is 17.2 Å². The molecular formula is C25H31N5O4. The van der Waals surface area contributed by atoms with Gasteiger partial charge >= 0.3 is 5.97 Å². The number of hydrogen-bond acceptors (Lipinski definition) is 8. The van der Waals surface area contributed by atoms with Crippen molar-refractivity contribution in [3.8, 4) is 0 Å². The maximum absolute atomic E-state index is 12.5. The molecule has 0 aromatic carbocycles. The zero-order chi connectivity index (χ0) is 24.7. The minimum atomic E-state index is -0.600. The predicted molar refractivity (Wildman–Crippen MR) is 130 cm³/mol. The van der Waals surface area contributed by atoms with Crippen molar-refractivity contribution in [2.24, 2.45) is 5.73 Å². The van der Waals surface area contributed by atoms with Crippen LogP contribution in [0.3, 0.4) is 0 Å². The monoisotopic (exact) mass is 465 g/mol. The van der Waals surface area contributed by atoms with Gasteiger partial charge in [0.25, 0.3) is 5.56 Å². The van der Waals surface area contributed by atoms with Crippen LogP contribution in [0.1, 0.15) is 68.2 Å². The van der Waals surface area contributed by atoms with E-state index >= 15 is 0 Å². The Kier molecular flexibility index (Phi) is 6.18. The molecule has 1 spiro atoms. The number of nitrogens with two attached hydrogens (primary N) is 1. The smallest absolute Gasteiger partial charge is 0.340 e. The zero-order valence-corrected chi connectivity index (χ0v) is 20.2. The first-order chi connectivity index (χ1) is 16.3. The number of methoxy groups -OCH3 is 1. The van der Waals surface area contributed by atoms with Crippen molar-refractivity contribution in [1.29, 1.82) is 0 Å². The van der Waals surface area contributed by atoms with Gasteiger partial charge in [-0.3, -0.25) is 4.79 Å². The summed E-state index contributed by atoms with van der Waals surface area (Å²) >= 11 is 0. The van der Waals surface area contributed by atoms with E-state index in [4.69, 9.17) is 20.2 Å². The molecule has 180 valence electrons. The molecule has 3 aromatic heterocycles. The largest absolute Gasteiger partial charge is 0.455 e. The second-order valence-corrected chi connectivity index (χ2v) is 8.95. The van der Waals surface area contributed by atoms with Crippen LogP contribution >= 0.6 is 0 Å². The summed E-state index contributed by atoms with van der Waals surface area (Å²) in [5, 5.41) is 4.35. The fourth-order valence-electron chi connectivity index (χ4n) is 4.64. The number of aromatic nitrogens is 3. The number of anilines is 2. The third-order valence-electron chi connectivity index (χ3n) is 6.64. The van der Waals surface area contributed by atoms with Crippen molar-refractivity contribution in [1.82, 2.24) is 15.0 Å². The Morgan fingerprint density at radius 1 is 1.21 bits per heavy atom. The molecule has 0 radical (unpaired) electrons. The van der Waals surface area contributed by atoms with E-state index in [1.165, 1.54) is 6.20 Å². The van der Waals surface area contributed by atoms with E-state index < -0.39 is 11.6 Å². The Balaban J connectivity index is 0.00000133. The highest BCUT2D eigenvalue weighted by molar-refractivity contribution is 5.93. The Bertz CT molecular complexity index is 1300. The predicted octanol–water partition coefficient (Wildman–Crippen LogP) is 3.71. The lowest BCUT2D eigenvalue weighted by atomic mass is 9.80. The van der Waals surface area contributed by atoms with Crippen LogP contribution in [0.25, 0.3) is 10.8 Å². The van der Waals surface area contributed by atoms with Gasteiger partial charge in [0.2, 0.25) is 0 Å². The maximum atomic E-state index is 12.5. The second-order valence-electron chi connectivity index (χ2n) is 8.95. The molecule has 4 N–H and O–H groups in total. The van der Waals surface area contributed by atoms with Crippen LogP contribution in [0.4, 0.5) is 11.6 Å². The first-order valence-corrected chi connectivity index (χ1v) is 11.5. The molecule has 3 aromatic rings. The number of hydrogen-bond donors (Lipinski definition) is 3. The highest BCUT2D eigenvalue weighted by Gasteiger charge is 2.63. The molecule has 1 unspecified atom stereocenters. The van der Waals surface area contributed by atoms with Gasteiger partial charge in [0.05, 0.1) is 34.7 Å². The van der Waals surface area contributed by atoms with E-state index in [0.717, 1.165) is 24.1 Å². The molecule has 1 saturated carbocycles. The summed E-state index contributed by atoms with van der Waals surface area (Å²) in [5.74, 6) is 0.741. The van der Waals surface area contributed by atoms with Crippen molar-refractivity contribution in [2.45, 2.75) is 57.6 Å².